The highest BCUT2D eigenvalue weighted by Gasteiger charge is 2.21. The van der Waals surface area contributed by atoms with Crippen LogP contribution < -0.4 is 10.8 Å². The van der Waals surface area contributed by atoms with Crippen LogP contribution in [-0.4, -0.2) is 23.8 Å². The summed E-state index contributed by atoms with van der Waals surface area (Å²) in [6, 6.07) is 9.56. The summed E-state index contributed by atoms with van der Waals surface area (Å²) in [4.78, 5) is 16.8. The zero-order valence-corrected chi connectivity index (χ0v) is 11.5. The fourth-order valence-electron chi connectivity index (χ4n) is 2.46. The quantitative estimate of drug-likeness (QED) is 0.721. The lowest BCUT2D eigenvalue weighted by atomic mass is 9.87. The van der Waals surface area contributed by atoms with Crippen molar-refractivity contribution in [2.75, 3.05) is 6.61 Å². The molecule has 20 heavy (non-hydrogen) atoms. The average Bonchev–Trinajstić information content (AvgIpc) is 2.49. The molecule has 1 aromatic carbocycles. The Morgan fingerprint density at radius 2 is 1.90 bits per heavy atom. The van der Waals surface area contributed by atoms with E-state index in [0.717, 1.165) is 31.2 Å². The first-order valence-corrected chi connectivity index (χ1v) is 7.11. The van der Waals surface area contributed by atoms with Crippen LogP contribution in [0.5, 0.6) is 0 Å². The first kappa shape index (κ1) is 14.8. The van der Waals surface area contributed by atoms with Gasteiger partial charge < -0.3 is 10.4 Å². The molecule has 0 atom stereocenters. The van der Waals surface area contributed by atoms with E-state index in [0.29, 0.717) is 12.5 Å². The van der Waals surface area contributed by atoms with E-state index in [9.17, 15) is 4.79 Å². The molecule has 0 aliphatic heterocycles. The van der Waals surface area contributed by atoms with Crippen LogP contribution in [0.4, 0.5) is 4.79 Å². The SMILES string of the molecule is O=C(NOCc1ccccc1)NC1CCC(CO)CC1. The molecule has 0 bridgehead atoms. The minimum Gasteiger partial charge on any atom is -0.396 e. The zero-order chi connectivity index (χ0) is 14.2. The van der Waals surface area contributed by atoms with Gasteiger partial charge in [-0.1, -0.05) is 30.3 Å². The van der Waals surface area contributed by atoms with Crippen LogP contribution in [0.2, 0.25) is 0 Å². The standard InChI is InChI=1S/C15H22N2O3/c18-10-12-6-8-14(9-7-12)16-15(19)17-20-11-13-4-2-1-3-5-13/h1-5,12,14,18H,6-11H2,(H2,16,17,19). The number of rotatable bonds is 5. The Hall–Kier alpha value is -1.59. The lowest BCUT2D eigenvalue weighted by molar-refractivity contribution is 0.0472. The normalized spacial score (nSPS) is 22.2. The van der Waals surface area contributed by atoms with Gasteiger partial charge in [0, 0.05) is 12.6 Å². The Bertz CT molecular complexity index is 403. The second-order valence-corrected chi connectivity index (χ2v) is 5.25. The van der Waals surface area contributed by atoms with Crippen molar-refractivity contribution in [3.8, 4) is 0 Å². The maximum absolute atomic E-state index is 11.7. The van der Waals surface area contributed by atoms with Gasteiger partial charge in [0.05, 0.1) is 6.61 Å². The van der Waals surface area contributed by atoms with E-state index in [-0.39, 0.29) is 18.7 Å². The van der Waals surface area contributed by atoms with Gasteiger partial charge in [-0.25, -0.2) is 10.3 Å². The molecular formula is C15H22N2O3. The van der Waals surface area contributed by atoms with Gasteiger partial charge in [-0.3, -0.25) is 4.84 Å². The number of hydrogen-bond donors (Lipinski definition) is 3. The van der Waals surface area contributed by atoms with Crippen molar-refractivity contribution in [1.82, 2.24) is 10.8 Å². The van der Waals surface area contributed by atoms with Crippen LogP contribution in [0.25, 0.3) is 0 Å². The number of aliphatic hydroxyl groups is 1. The molecule has 2 amide bonds. The van der Waals surface area contributed by atoms with E-state index >= 15 is 0 Å². The van der Waals surface area contributed by atoms with Crippen molar-refractivity contribution in [3.05, 3.63) is 35.9 Å². The molecule has 1 fully saturated rings. The van der Waals surface area contributed by atoms with E-state index in [4.69, 9.17) is 9.94 Å². The van der Waals surface area contributed by atoms with Crippen molar-refractivity contribution >= 4 is 6.03 Å². The van der Waals surface area contributed by atoms with E-state index in [2.05, 4.69) is 10.8 Å². The summed E-state index contributed by atoms with van der Waals surface area (Å²) in [7, 11) is 0. The summed E-state index contributed by atoms with van der Waals surface area (Å²) < 4.78 is 0. The lowest BCUT2D eigenvalue weighted by Crippen LogP contribution is -2.43. The predicted molar refractivity (Wildman–Crippen MR) is 75.7 cm³/mol. The second-order valence-electron chi connectivity index (χ2n) is 5.25. The summed E-state index contributed by atoms with van der Waals surface area (Å²) in [6.45, 7) is 0.602. The molecule has 0 radical (unpaired) electrons. The number of benzene rings is 1. The Kier molecular flexibility index (Phi) is 5.83. The summed E-state index contributed by atoms with van der Waals surface area (Å²) in [5.41, 5.74) is 3.41. The van der Waals surface area contributed by atoms with Gasteiger partial charge in [0.2, 0.25) is 0 Å². The maximum atomic E-state index is 11.7. The monoisotopic (exact) mass is 278 g/mol. The number of hydroxylamine groups is 1. The third kappa shape index (κ3) is 4.83. The van der Waals surface area contributed by atoms with Crippen LogP contribution in [-0.2, 0) is 11.4 Å². The average molecular weight is 278 g/mol. The first-order chi connectivity index (χ1) is 9.78. The molecule has 0 unspecified atom stereocenters. The molecule has 0 saturated heterocycles. The molecule has 1 saturated carbocycles. The third-order valence-electron chi connectivity index (χ3n) is 3.69. The summed E-state index contributed by atoms with van der Waals surface area (Å²) in [6.07, 6.45) is 3.76. The molecule has 3 N–H and O–H groups in total. The van der Waals surface area contributed by atoms with Crippen molar-refractivity contribution in [3.63, 3.8) is 0 Å². The molecule has 0 aromatic heterocycles. The molecule has 1 aliphatic carbocycles. The van der Waals surface area contributed by atoms with Crippen LogP contribution in [0.3, 0.4) is 0 Å². The number of carbonyl (C=O) groups is 1. The maximum Gasteiger partial charge on any atom is 0.338 e. The highest BCUT2D eigenvalue weighted by atomic mass is 16.7. The topological polar surface area (TPSA) is 70.6 Å². The number of amides is 2. The first-order valence-electron chi connectivity index (χ1n) is 7.11. The fraction of sp³-hybridized carbons (Fsp3) is 0.533. The molecule has 110 valence electrons. The number of aliphatic hydroxyl groups excluding tert-OH is 1. The molecule has 5 nitrogen and oxygen atoms in total. The van der Waals surface area contributed by atoms with Crippen molar-refractivity contribution in [2.24, 2.45) is 5.92 Å². The van der Waals surface area contributed by atoms with Crippen LogP contribution in [0, 0.1) is 5.92 Å². The summed E-state index contributed by atoms with van der Waals surface area (Å²) in [5, 5.41) is 12.0. The molecular weight excluding hydrogens is 256 g/mol. The minimum atomic E-state index is -0.298. The predicted octanol–water partition coefficient (Wildman–Crippen LogP) is 1.97. The number of hydrogen-bond acceptors (Lipinski definition) is 3. The Morgan fingerprint density at radius 3 is 2.55 bits per heavy atom. The minimum absolute atomic E-state index is 0.179. The molecule has 1 aromatic rings. The van der Waals surface area contributed by atoms with Gasteiger partial charge in [-0.2, -0.15) is 0 Å². The highest BCUT2D eigenvalue weighted by molar-refractivity contribution is 5.73. The van der Waals surface area contributed by atoms with Crippen LogP contribution in [0.15, 0.2) is 30.3 Å². The third-order valence-corrected chi connectivity index (χ3v) is 3.69. The van der Waals surface area contributed by atoms with E-state index in [1.54, 1.807) is 0 Å². The zero-order valence-electron chi connectivity index (χ0n) is 11.5. The number of urea groups is 1. The van der Waals surface area contributed by atoms with Crippen molar-refractivity contribution < 1.29 is 14.7 Å². The largest absolute Gasteiger partial charge is 0.396 e. The van der Waals surface area contributed by atoms with Gasteiger partial charge in [0.25, 0.3) is 0 Å². The van der Waals surface area contributed by atoms with Crippen molar-refractivity contribution in [1.29, 1.82) is 0 Å². The van der Waals surface area contributed by atoms with Gasteiger partial charge in [-0.05, 0) is 37.2 Å². The van der Waals surface area contributed by atoms with Gasteiger partial charge in [0.1, 0.15) is 0 Å². The molecule has 2 rings (SSSR count). The van der Waals surface area contributed by atoms with Gasteiger partial charge in [-0.15, -0.1) is 0 Å². The van der Waals surface area contributed by atoms with Gasteiger partial charge in [0.15, 0.2) is 0 Å². The smallest absolute Gasteiger partial charge is 0.338 e. The van der Waals surface area contributed by atoms with E-state index < -0.39 is 0 Å². The molecule has 0 heterocycles. The second kappa shape index (κ2) is 7.87. The Balaban J connectivity index is 1.61. The molecule has 1 aliphatic rings. The lowest BCUT2D eigenvalue weighted by Gasteiger charge is -2.27. The van der Waals surface area contributed by atoms with Gasteiger partial charge >= 0.3 is 6.03 Å². The Morgan fingerprint density at radius 1 is 1.20 bits per heavy atom. The summed E-state index contributed by atoms with van der Waals surface area (Å²) >= 11 is 0. The number of carbonyl (C=O) groups excluding carboxylic acids is 1. The number of nitrogens with one attached hydrogen (secondary N) is 2. The van der Waals surface area contributed by atoms with Crippen LogP contribution >= 0.6 is 0 Å². The van der Waals surface area contributed by atoms with E-state index in [1.807, 2.05) is 30.3 Å². The summed E-state index contributed by atoms with van der Waals surface area (Å²) in [5.74, 6) is 0.394. The fourth-order valence-corrected chi connectivity index (χ4v) is 2.46. The van der Waals surface area contributed by atoms with Crippen molar-refractivity contribution in [2.45, 2.75) is 38.3 Å². The molecule has 0 spiro atoms. The molecule has 5 heteroatoms. The Labute approximate surface area is 119 Å². The van der Waals surface area contributed by atoms with Crippen LogP contribution in [0.1, 0.15) is 31.2 Å². The highest BCUT2D eigenvalue weighted by Crippen LogP contribution is 2.23. The van der Waals surface area contributed by atoms with E-state index in [1.165, 1.54) is 0 Å².